The molecule has 2 nitrogen and oxygen atoms in total. The fourth-order valence-electron chi connectivity index (χ4n) is 5.16. The SMILES string of the molecule is CCC1CCC(C(N)C2CCOC3(CCCCC3)C2)C1. The predicted molar refractivity (Wildman–Crippen MR) is 83.6 cm³/mol. The van der Waals surface area contributed by atoms with Gasteiger partial charge in [-0.3, -0.25) is 0 Å². The Morgan fingerprint density at radius 1 is 1.10 bits per heavy atom. The van der Waals surface area contributed by atoms with Crippen molar-refractivity contribution in [2.75, 3.05) is 6.61 Å². The van der Waals surface area contributed by atoms with E-state index < -0.39 is 0 Å². The van der Waals surface area contributed by atoms with Gasteiger partial charge in [-0.1, -0.05) is 39.0 Å². The normalized spacial score (nSPS) is 39.0. The molecule has 3 rings (SSSR count). The summed E-state index contributed by atoms with van der Waals surface area (Å²) in [4.78, 5) is 0. The van der Waals surface area contributed by atoms with Crippen molar-refractivity contribution in [3.05, 3.63) is 0 Å². The van der Waals surface area contributed by atoms with Gasteiger partial charge in [0.15, 0.2) is 0 Å². The van der Waals surface area contributed by atoms with E-state index in [2.05, 4.69) is 6.92 Å². The molecule has 116 valence electrons. The molecule has 20 heavy (non-hydrogen) atoms. The van der Waals surface area contributed by atoms with Gasteiger partial charge in [-0.25, -0.2) is 0 Å². The first kappa shape index (κ1) is 14.8. The van der Waals surface area contributed by atoms with Gasteiger partial charge in [0.25, 0.3) is 0 Å². The first-order chi connectivity index (χ1) is 9.72. The molecule has 3 fully saturated rings. The molecule has 1 saturated heterocycles. The molecule has 1 aliphatic heterocycles. The molecule has 2 N–H and O–H groups in total. The minimum absolute atomic E-state index is 0.224. The molecule has 0 aromatic carbocycles. The van der Waals surface area contributed by atoms with Crippen LogP contribution in [0.4, 0.5) is 0 Å². The highest BCUT2D eigenvalue weighted by atomic mass is 16.5. The van der Waals surface area contributed by atoms with Crippen molar-refractivity contribution in [1.29, 1.82) is 0 Å². The van der Waals surface area contributed by atoms with Crippen molar-refractivity contribution in [2.45, 2.75) is 89.2 Å². The van der Waals surface area contributed by atoms with Crippen molar-refractivity contribution < 1.29 is 4.74 Å². The Hall–Kier alpha value is -0.0800. The van der Waals surface area contributed by atoms with E-state index in [-0.39, 0.29) is 5.60 Å². The van der Waals surface area contributed by atoms with Gasteiger partial charge in [0.1, 0.15) is 0 Å². The Kier molecular flexibility index (Phi) is 4.72. The summed E-state index contributed by atoms with van der Waals surface area (Å²) in [6.45, 7) is 3.30. The predicted octanol–water partition coefficient (Wildman–Crippen LogP) is 4.27. The Balaban J connectivity index is 1.59. The van der Waals surface area contributed by atoms with Crippen LogP contribution in [0.25, 0.3) is 0 Å². The minimum atomic E-state index is 0.224. The number of ether oxygens (including phenoxy) is 1. The Morgan fingerprint density at radius 2 is 1.90 bits per heavy atom. The molecule has 2 saturated carbocycles. The van der Waals surface area contributed by atoms with Gasteiger partial charge < -0.3 is 10.5 Å². The third-order valence-electron chi connectivity index (χ3n) is 6.54. The van der Waals surface area contributed by atoms with Crippen molar-refractivity contribution in [2.24, 2.45) is 23.5 Å². The van der Waals surface area contributed by atoms with Crippen molar-refractivity contribution in [3.8, 4) is 0 Å². The van der Waals surface area contributed by atoms with Crippen molar-refractivity contribution in [1.82, 2.24) is 0 Å². The van der Waals surface area contributed by atoms with E-state index in [1.165, 1.54) is 70.6 Å². The molecule has 0 amide bonds. The van der Waals surface area contributed by atoms with Crippen LogP contribution < -0.4 is 5.73 Å². The summed E-state index contributed by atoms with van der Waals surface area (Å²) in [5.41, 5.74) is 6.93. The second-order valence-electron chi connectivity index (χ2n) is 7.77. The van der Waals surface area contributed by atoms with E-state index in [1.807, 2.05) is 0 Å². The second-order valence-corrected chi connectivity index (χ2v) is 7.77. The molecule has 4 unspecified atom stereocenters. The average molecular weight is 279 g/mol. The molecule has 0 bridgehead atoms. The van der Waals surface area contributed by atoms with Gasteiger partial charge in [-0.15, -0.1) is 0 Å². The summed E-state index contributed by atoms with van der Waals surface area (Å²) >= 11 is 0. The maximum atomic E-state index is 6.71. The molecule has 2 heteroatoms. The van der Waals surface area contributed by atoms with Crippen LogP contribution in [0.3, 0.4) is 0 Å². The number of rotatable bonds is 3. The lowest BCUT2D eigenvalue weighted by Gasteiger charge is -2.46. The summed E-state index contributed by atoms with van der Waals surface area (Å²) in [6.07, 6.45) is 14.7. The molecule has 1 heterocycles. The summed E-state index contributed by atoms with van der Waals surface area (Å²) < 4.78 is 6.24. The van der Waals surface area contributed by atoms with E-state index in [1.54, 1.807) is 0 Å². The Labute approximate surface area is 124 Å². The molecule has 0 aromatic rings. The van der Waals surface area contributed by atoms with Crippen LogP contribution >= 0.6 is 0 Å². The zero-order valence-corrected chi connectivity index (χ0v) is 13.3. The van der Waals surface area contributed by atoms with E-state index in [0.717, 1.165) is 24.4 Å². The molecule has 2 aliphatic carbocycles. The lowest BCUT2D eigenvalue weighted by Crippen LogP contribution is -2.48. The zero-order chi connectivity index (χ0) is 14.0. The smallest absolute Gasteiger partial charge is 0.0685 e. The maximum Gasteiger partial charge on any atom is 0.0685 e. The van der Waals surface area contributed by atoms with Crippen molar-refractivity contribution >= 4 is 0 Å². The number of hydrogen-bond donors (Lipinski definition) is 1. The molecule has 0 radical (unpaired) electrons. The molecule has 4 atom stereocenters. The van der Waals surface area contributed by atoms with Crippen LogP contribution in [0, 0.1) is 17.8 Å². The van der Waals surface area contributed by atoms with E-state index in [4.69, 9.17) is 10.5 Å². The van der Waals surface area contributed by atoms with Gasteiger partial charge in [-0.2, -0.15) is 0 Å². The zero-order valence-electron chi connectivity index (χ0n) is 13.3. The fraction of sp³-hybridized carbons (Fsp3) is 1.00. The van der Waals surface area contributed by atoms with Crippen LogP contribution in [0.2, 0.25) is 0 Å². The fourth-order valence-corrected chi connectivity index (χ4v) is 5.16. The van der Waals surface area contributed by atoms with Crippen LogP contribution in [-0.2, 0) is 4.74 Å². The van der Waals surface area contributed by atoms with Gasteiger partial charge >= 0.3 is 0 Å². The molecule has 1 spiro atoms. The quantitative estimate of drug-likeness (QED) is 0.837. The topological polar surface area (TPSA) is 35.2 Å². The van der Waals surface area contributed by atoms with Gasteiger partial charge in [0.2, 0.25) is 0 Å². The van der Waals surface area contributed by atoms with Gasteiger partial charge in [0.05, 0.1) is 5.60 Å². The summed E-state index contributed by atoms with van der Waals surface area (Å²) in [6, 6.07) is 0.439. The second kappa shape index (κ2) is 6.36. The third-order valence-corrected chi connectivity index (χ3v) is 6.54. The lowest BCUT2D eigenvalue weighted by atomic mass is 9.72. The maximum absolute atomic E-state index is 6.71. The first-order valence-electron chi connectivity index (χ1n) is 9.12. The minimum Gasteiger partial charge on any atom is -0.375 e. The van der Waals surface area contributed by atoms with Crippen molar-refractivity contribution in [3.63, 3.8) is 0 Å². The Morgan fingerprint density at radius 3 is 2.60 bits per heavy atom. The van der Waals surface area contributed by atoms with Crippen LogP contribution in [0.5, 0.6) is 0 Å². The third kappa shape index (κ3) is 3.06. The van der Waals surface area contributed by atoms with Crippen LogP contribution in [0.15, 0.2) is 0 Å². The van der Waals surface area contributed by atoms with Gasteiger partial charge in [-0.05, 0) is 56.3 Å². The van der Waals surface area contributed by atoms with E-state index >= 15 is 0 Å². The van der Waals surface area contributed by atoms with Gasteiger partial charge in [0, 0.05) is 12.6 Å². The highest BCUT2D eigenvalue weighted by Gasteiger charge is 2.42. The van der Waals surface area contributed by atoms with Crippen LogP contribution in [-0.4, -0.2) is 18.2 Å². The summed E-state index contributed by atoms with van der Waals surface area (Å²) in [5, 5.41) is 0. The molecule has 0 aromatic heterocycles. The van der Waals surface area contributed by atoms with E-state index in [0.29, 0.717) is 6.04 Å². The first-order valence-corrected chi connectivity index (χ1v) is 9.12. The number of hydrogen-bond acceptors (Lipinski definition) is 2. The highest BCUT2D eigenvalue weighted by Crippen LogP contribution is 2.44. The largest absolute Gasteiger partial charge is 0.375 e. The molecular formula is C18H33NO. The monoisotopic (exact) mass is 279 g/mol. The standard InChI is InChI=1S/C18H33NO/c1-2-14-6-7-15(12-14)17(19)16-8-11-20-18(13-16)9-4-3-5-10-18/h14-17H,2-13,19H2,1H3. The Bertz CT molecular complexity index is 305. The van der Waals surface area contributed by atoms with E-state index in [9.17, 15) is 0 Å². The number of nitrogens with two attached hydrogens (primary N) is 1. The average Bonchev–Trinajstić information content (AvgIpc) is 2.96. The summed E-state index contributed by atoms with van der Waals surface area (Å²) in [5.74, 6) is 2.47. The van der Waals surface area contributed by atoms with Crippen LogP contribution in [0.1, 0.15) is 77.6 Å². The summed E-state index contributed by atoms with van der Waals surface area (Å²) in [7, 11) is 0. The highest BCUT2D eigenvalue weighted by molar-refractivity contribution is 4.95. The lowest BCUT2D eigenvalue weighted by molar-refractivity contribution is -0.122. The molecule has 3 aliphatic rings. The molecular weight excluding hydrogens is 246 g/mol.